The zero-order chi connectivity index (χ0) is 19.9. The van der Waals surface area contributed by atoms with Gasteiger partial charge < -0.3 is 15.4 Å². The SMILES string of the molecule is C[C@@]1(C(=O)O)CCCC(Nc2nc(-c3c[nH]c4ncc(Cl)cc34)ncc2F)C1. The molecule has 0 aromatic carbocycles. The predicted molar refractivity (Wildman–Crippen MR) is 104 cm³/mol. The van der Waals surface area contributed by atoms with Crippen molar-refractivity contribution in [2.75, 3.05) is 5.32 Å². The van der Waals surface area contributed by atoms with Gasteiger partial charge in [-0.3, -0.25) is 4.79 Å². The Morgan fingerprint density at radius 3 is 3.04 bits per heavy atom. The monoisotopic (exact) mass is 403 g/mol. The Labute approximate surface area is 165 Å². The molecule has 0 aliphatic heterocycles. The molecule has 3 N–H and O–H groups in total. The highest BCUT2D eigenvalue weighted by molar-refractivity contribution is 6.31. The van der Waals surface area contributed by atoms with Crippen LogP contribution in [0.15, 0.2) is 24.7 Å². The minimum atomic E-state index is -0.828. The summed E-state index contributed by atoms with van der Waals surface area (Å²) < 4.78 is 14.4. The number of H-pyrrole nitrogens is 1. The standard InChI is InChI=1S/C19H19ClFN5O2/c1-19(18(27)28)4-2-3-11(6-19)25-17-14(21)9-24-16(26-17)13-8-23-15-12(13)5-10(20)7-22-15/h5,7-9,11H,2-4,6H2,1H3,(H,22,23)(H,27,28)(H,24,25,26)/t11?,19-/m1/s1. The quantitative estimate of drug-likeness (QED) is 0.601. The lowest BCUT2D eigenvalue weighted by Crippen LogP contribution is -2.39. The number of halogens is 2. The molecule has 0 bridgehead atoms. The van der Waals surface area contributed by atoms with E-state index in [1.807, 2.05) is 0 Å². The zero-order valence-electron chi connectivity index (χ0n) is 15.2. The van der Waals surface area contributed by atoms with Gasteiger partial charge in [0.2, 0.25) is 0 Å². The lowest BCUT2D eigenvalue weighted by Gasteiger charge is -2.35. The number of fused-ring (bicyclic) bond motifs is 1. The average Bonchev–Trinajstić information content (AvgIpc) is 3.06. The third kappa shape index (κ3) is 3.40. The number of carbonyl (C=O) groups is 1. The number of anilines is 1. The van der Waals surface area contributed by atoms with Gasteiger partial charge in [-0.2, -0.15) is 0 Å². The topological polar surface area (TPSA) is 104 Å². The molecule has 1 unspecified atom stereocenters. The van der Waals surface area contributed by atoms with Gasteiger partial charge in [0.25, 0.3) is 0 Å². The molecule has 3 aromatic heterocycles. The van der Waals surface area contributed by atoms with Gasteiger partial charge >= 0.3 is 5.97 Å². The number of nitrogens with zero attached hydrogens (tertiary/aromatic N) is 3. The van der Waals surface area contributed by atoms with Gasteiger partial charge in [-0.1, -0.05) is 18.0 Å². The predicted octanol–water partition coefficient (Wildman–Crippen LogP) is 4.26. The summed E-state index contributed by atoms with van der Waals surface area (Å²) >= 11 is 6.04. The van der Waals surface area contributed by atoms with Gasteiger partial charge in [0.05, 0.1) is 16.6 Å². The lowest BCUT2D eigenvalue weighted by molar-refractivity contribution is -0.149. The highest BCUT2D eigenvalue weighted by Crippen LogP contribution is 2.37. The number of aliphatic carboxylic acids is 1. The third-order valence-corrected chi connectivity index (χ3v) is 5.52. The summed E-state index contributed by atoms with van der Waals surface area (Å²) in [5.74, 6) is -1.02. The van der Waals surface area contributed by atoms with Crippen molar-refractivity contribution in [2.45, 2.75) is 38.6 Å². The number of aromatic nitrogens is 4. The van der Waals surface area contributed by atoms with Crippen LogP contribution < -0.4 is 5.32 Å². The van der Waals surface area contributed by atoms with Crippen LogP contribution in [0.25, 0.3) is 22.4 Å². The molecule has 28 heavy (non-hydrogen) atoms. The van der Waals surface area contributed by atoms with E-state index in [1.54, 1.807) is 19.2 Å². The molecule has 3 aromatic rings. The Morgan fingerprint density at radius 1 is 1.43 bits per heavy atom. The molecule has 1 aliphatic rings. The van der Waals surface area contributed by atoms with E-state index in [4.69, 9.17) is 11.6 Å². The average molecular weight is 404 g/mol. The Hall–Kier alpha value is -2.74. The fraction of sp³-hybridized carbons (Fsp3) is 0.368. The fourth-order valence-corrected chi connectivity index (χ4v) is 3.92. The molecule has 3 heterocycles. The summed E-state index contributed by atoms with van der Waals surface area (Å²) in [6, 6.07) is 1.57. The molecule has 1 aliphatic carbocycles. The van der Waals surface area contributed by atoms with Crippen LogP contribution in [0.2, 0.25) is 5.02 Å². The first kappa shape index (κ1) is 18.6. The van der Waals surface area contributed by atoms with E-state index in [2.05, 4.69) is 25.3 Å². The van der Waals surface area contributed by atoms with E-state index in [-0.39, 0.29) is 11.9 Å². The molecule has 2 atom stereocenters. The lowest BCUT2D eigenvalue weighted by atomic mass is 9.73. The smallest absolute Gasteiger partial charge is 0.309 e. The summed E-state index contributed by atoms with van der Waals surface area (Å²) in [6.45, 7) is 1.73. The number of rotatable bonds is 4. The van der Waals surface area contributed by atoms with Crippen molar-refractivity contribution < 1.29 is 14.3 Å². The van der Waals surface area contributed by atoms with Crippen LogP contribution in [0.1, 0.15) is 32.6 Å². The highest BCUT2D eigenvalue weighted by atomic mass is 35.5. The van der Waals surface area contributed by atoms with Crippen molar-refractivity contribution in [3.8, 4) is 11.4 Å². The second-order valence-corrected chi connectivity index (χ2v) is 7.88. The van der Waals surface area contributed by atoms with E-state index < -0.39 is 17.2 Å². The van der Waals surface area contributed by atoms with E-state index in [0.717, 1.165) is 24.4 Å². The van der Waals surface area contributed by atoms with Crippen LogP contribution in [0, 0.1) is 11.2 Å². The summed E-state index contributed by atoms with van der Waals surface area (Å²) in [7, 11) is 0. The van der Waals surface area contributed by atoms with E-state index in [1.165, 1.54) is 6.20 Å². The van der Waals surface area contributed by atoms with Crippen LogP contribution >= 0.6 is 11.6 Å². The number of carboxylic acid groups (broad SMARTS) is 1. The molecule has 0 saturated heterocycles. The number of hydrogen-bond acceptors (Lipinski definition) is 5. The van der Waals surface area contributed by atoms with Gasteiger partial charge in [0, 0.05) is 29.4 Å². The van der Waals surface area contributed by atoms with Gasteiger partial charge in [0.15, 0.2) is 17.5 Å². The largest absolute Gasteiger partial charge is 0.481 e. The number of hydrogen-bond donors (Lipinski definition) is 3. The molecule has 1 fully saturated rings. The summed E-state index contributed by atoms with van der Waals surface area (Å²) in [5.41, 5.74) is 0.472. The first-order valence-electron chi connectivity index (χ1n) is 9.01. The highest BCUT2D eigenvalue weighted by Gasteiger charge is 2.38. The van der Waals surface area contributed by atoms with Crippen LogP contribution in [-0.4, -0.2) is 37.1 Å². The van der Waals surface area contributed by atoms with Crippen LogP contribution in [0.3, 0.4) is 0 Å². The number of nitrogens with one attached hydrogen (secondary N) is 2. The molecule has 1 saturated carbocycles. The Balaban J connectivity index is 1.64. The first-order valence-corrected chi connectivity index (χ1v) is 9.39. The van der Waals surface area contributed by atoms with Crippen molar-refractivity contribution in [3.05, 3.63) is 35.5 Å². The first-order chi connectivity index (χ1) is 13.4. The Kier molecular flexibility index (Phi) is 4.66. The van der Waals surface area contributed by atoms with Crippen molar-refractivity contribution >= 4 is 34.4 Å². The number of pyridine rings is 1. The van der Waals surface area contributed by atoms with Crippen molar-refractivity contribution in [1.29, 1.82) is 0 Å². The van der Waals surface area contributed by atoms with Crippen molar-refractivity contribution in [3.63, 3.8) is 0 Å². The Morgan fingerprint density at radius 2 is 2.25 bits per heavy atom. The van der Waals surface area contributed by atoms with E-state index in [9.17, 15) is 14.3 Å². The molecule has 0 amide bonds. The third-order valence-electron chi connectivity index (χ3n) is 5.32. The summed E-state index contributed by atoms with van der Waals surface area (Å²) in [5, 5.41) is 13.8. The minimum absolute atomic E-state index is 0.0639. The molecule has 7 nitrogen and oxygen atoms in total. The maximum absolute atomic E-state index is 14.4. The molecular weight excluding hydrogens is 385 g/mol. The Bertz CT molecular complexity index is 1060. The molecule has 4 rings (SSSR count). The van der Waals surface area contributed by atoms with E-state index >= 15 is 0 Å². The molecule has 9 heteroatoms. The minimum Gasteiger partial charge on any atom is -0.481 e. The van der Waals surface area contributed by atoms with Gasteiger partial charge in [-0.15, -0.1) is 0 Å². The second-order valence-electron chi connectivity index (χ2n) is 7.45. The normalized spacial score (nSPS) is 22.3. The molecule has 0 radical (unpaired) electrons. The molecular formula is C19H19ClFN5O2. The van der Waals surface area contributed by atoms with Gasteiger partial charge in [0.1, 0.15) is 5.65 Å². The fourth-order valence-electron chi connectivity index (χ4n) is 3.76. The van der Waals surface area contributed by atoms with Crippen molar-refractivity contribution in [1.82, 2.24) is 19.9 Å². The van der Waals surface area contributed by atoms with E-state index in [0.29, 0.717) is 34.9 Å². The number of carboxylic acids is 1. The summed E-state index contributed by atoms with van der Waals surface area (Å²) in [4.78, 5) is 27.2. The van der Waals surface area contributed by atoms with Crippen molar-refractivity contribution in [2.24, 2.45) is 5.41 Å². The molecule has 146 valence electrons. The van der Waals surface area contributed by atoms with Crippen LogP contribution in [0.5, 0.6) is 0 Å². The summed E-state index contributed by atoms with van der Waals surface area (Å²) in [6.07, 6.45) is 6.88. The zero-order valence-corrected chi connectivity index (χ0v) is 15.9. The number of aromatic amines is 1. The van der Waals surface area contributed by atoms with Gasteiger partial charge in [-0.25, -0.2) is 19.3 Å². The van der Waals surface area contributed by atoms with Crippen LogP contribution in [0.4, 0.5) is 10.2 Å². The second kappa shape index (κ2) is 7.01. The maximum Gasteiger partial charge on any atom is 0.309 e. The molecule has 0 spiro atoms. The maximum atomic E-state index is 14.4. The van der Waals surface area contributed by atoms with Gasteiger partial charge in [-0.05, 0) is 32.3 Å². The van der Waals surface area contributed by atoms with Crippen LogP contribution in [-0.2, 0) is 4.79 Å².